The largest absolute Gasteiger partial charge is 0.311 e. The van der Waals surface area contributed by atoms with Crippen LogP contribution in [-0.4, -0.2) is 11.2 Å². The number of aryl methyl sites for hydroxylation is 2. The van der Waals surface area contributed by atoms with Gasteiger partial charge in [0.1, 0.15) is 0 Å². The Morgan fingerprint density at radius 1 is 0.690 bits per heavy atom. The highest BCUT2D eigenvalue weighted by molar-refractivity contribution is 5.82. The lowest BCUT2D eigenvalue weighted by molar-refractivity contribution is 1.27. The van der Waals surface area contributed by atoms with E-state index >= 15 is 0 Å². The molecule has 1 heterocycles. The highest BCUT2D eigenvalue weighted by atomic mass is 15.1. The number of pyridine rings is 1. The van der Waals surface area contributed by atoms with E-state index in [4.69, 9.17) is 0 Å². The van der Waals surface area contributed by atoms with Crippen LogP contribution in [0.1, 0.15) is 16.7 Å². The maximum Gasteiger partial charge on any atom is 0.0631 e. The molecule has 29 heavy (non-hydrogen) atoms. The molecule has 0 N–H and O–H groups in total. The number of hydrogen-bond donors (Lipinski definition) is 0. The van der Waals surface area contributed by atoms with Crippen LogP contribution in [0.15, 0.2) is 102 Å². The van der Waals surface area contributed by atoms with E-state index in [2.05, 4.69) is 89.4 Å². The lowest BCUT2D eigenvalue weighted by atomic mass is 10.1. The SMILES string of the molecule is Cc1ccc(N(c2ccc(C)cc2)c2ccc(N=Cc3cccnc3)cc2)cc1. The molecule has 4 rings (SSSR count). The molecular formula is C26H23N3. The number of anilines is 3. The molecule has 3 aromatic carbocycles. The third-order valence-corrected chi connectivity index (χ3v) is 4.74. The van der Waals surface area contributed by atoms with Crippen molar-refractivity contribution in [2.24, 2.45) is 4.99 Å². The predicted octanol–water partition coefficient (Wildman–Crippen LogP) is 6.92. The van der Waals surface area contributed by atoms with E-state index in [0.717, 1.165) is 28.3 Å². The first-order valence-electron chi connectivity index (χ1n) is 9.67. The molecule has 0 unspecified atom stereocenters. The molecule has 0 saturated carbocycles. The molecule has 0 fully saturated rings. The van der Waals surface area contributed by atoms with Crippen LogP contribution in [0.3, 0.4) is 0 Å². The summed E-state index contributed by atoms with van der Waals surface area (Å²) in [5.41, 5.74) is 7.74. The van der Waals surface area contributed by atoms with E-state index in [0.29, 0.717) is 0 Å². The Bertz CT molecular complexity index is 1040. The average Bonchev–Trinajstić information content (AvgIpc) is 2.77. The topological polar surface area (TPSA) is 28.5 Å². The van der Waals surface area contributed by atoms with Crippen molar-refractivity contribution >= 4 is 29.0 Å². The van der Waals surface area contributed by atoms with Crippen LogP contribution in [0.25, 0.3) is 0 Å². The molecule has 0 aliphatic rings. The Kier molecular flexibility index (Phi) is 5.48. The van der Waals surface area contributed by atoms with Crippen molar-refractivity contribution in [2.75, 3.05) is 4.90 Å². The summed E-state index contributed by atoms with van der Waals surface area (Å²) in [5.74, 6) is 0. The van der Waals surface area contributed by atoms with Gasteiger partial charge in [0.25, 0.3) is 0 Å². The standard InChI is InChI=1S/C26H23N3/c1-20-5-11-24(12-6-20)29(25-13-7-21(2)8-14-25)26-15-9-23(10-16-26)28-19-22-4-3-17-27-18-22/h3-19H,1-2H3. The molecule has 3 nitrogen and oxygen atoms in total. The summed E-state index contributed by atoms with van der Waals surface area (Å²) in [6, 6.07) is 29.4. The third kappa shape index (κ3) is 4.58. The normalized spacial score (nSPS) is 11.0. The summed E-state index contributed by atoms with van der Waals surface area (Å²) in [6.45, 7) is 4.21. The van der Waals surface area contributed by atoms with Crippen LogP contribution in [0, 0.1) is 13.8 Å². The molecule has 0 aliphatic heterocycles. The second-order valence-electron chi connectivity index (χ2n) is 7.07. The highest BCUT2D eigenvalue weighted by Crippen LogP contribution is 2.35. The fourth-order valence-corrected chi connectivity index (χ4v) is 3.12. The Morgan fingerprint density at radius 3 is 1.69 bits per heavy atom. The highest BCUT2D eigenvalue weighted by Gasteiger charge is 2.12. The zero-order chi connectivity index (χ0) is 20.1. The lowest BCUT2D eigenvalue weighted by Crippen LogP contribution is -2.09. The summed E-state index contributed by atoms with van der Waals surface area (Å²) in [6.07, 6.45) is 5.39. The van der Waals surface area contributed by atoms with Crippen LogP contribution < -0.4 is 4.90 Å². The fraction of sp³-hybridized carbons (Fsp3) is 0.0769. The summed E-state index contributed by atoms with van der Waals surface area (Å²) in [4.78, 5) is 10.9. The van der Waals surface area contributed by atoms with Crippen LogP contribution in [0.4, 0.5) is 22.7 Å². The fourth-order valence-electron chi connectivity index (χ4n) is 3.12. The van der Waals surface area contributed by atoms with Crippen molar-refractivity contribution in [2.45, 2.75) is 13.8 Å². The second kappa shape index (κ2) is 8.53. The molecular weight excluding hydrogens is 354 g/mol. The van der Waals surface area contributed by atoms with Crippen molar-refractivity contribution in [3.8, 4) is 0 Å². The number of aliphatic imine (C=N–C) groups is 1. The van der Waals surface area contributed by atoms with Gasteiger partial charge in [0.2, 0.25) is 0 Å². The van der Waals surface area contributed by atoms with Gasteiger partial charge < -0.3 is 4.90 Å². The van der Waals surface area contributed by atoms with Crippen LogP contribution >= 0.6 is 0 Å². The Morgan fingerprint density at radius 2 is 1.21 bits per heavy atom. The molecule has 4 aromatic rings. The van der Waals surface area contributed by atoms with Gasteiger partial charge in [-0.15, -0.1) is 0 Å². The smallest absolute Gasteiger partial charge is 0.0631 e. The molecule has 142 valence electrons. The zero-order valence-corrected chi connectivity index (χ0v) is 16.7. The van der Waals surface area contributed by atoms with E-state index in [1.807, 2.05) is 30.5 Å². The van der Waals surface area contributed by atoms with E-state index in [1.54, 1.807) is 12.4 Å². The van der Waals surface area contributed by atoms with Gasteiger partial charge in [-0.1, -0.05) is 41.5 Å². The molecule has 0 bridgehead atoms. The van der Waals surface area contributed by atoms with E-state index in [1.165, 1.54) is 11.1 Å². The molecule has 0 saturated heterocycles. The zero-order valence-electron chi connectivity index (χ0n) is 16.7. The monoisotopic (exact) mass is 377 g/mol. The molecule has 0 radical (unpaired) electrons. The second-order valence-corrected chi connectivity index (χ2v) is 7.07. The minimum absolute atomic E-state index is 0.908. The van der Waals surface area contributed by atoms with Crippen molar-refractivity contribution in [1.82, 2.24) is 4.98 Å². The number of hydrogen-bond acceptors (Lipinski definition) is 3. The van der Waals surface area contributed by atoms with Crippen molar-refractivity contribution in [3.05, 3.63) is 114 Å². The van der Waals surface area contributed by atoms with Gasteiger partial charge in [-0.25, -0.2) is 0 Å². The van der Waals surface area contributed by atoms with Crippen molar-refractivity contribution in [3.63, 3.8) is 0 Å². The van der Waals surface area contributed by atoms with E-state index < -0.39 is 0 Å². The first-order chi connectivity index (χ1) is 14.2. The Labute approximate surface area is 172 Å². The van der Waals surface area contributed by atoms with E-state index in [9.17, 15) is 0 Å². The average molecular weight is 377 g/mol. The molecule has 3 heteroatoms. The summed E-state index contributed by atoms with van der Waals surface area (Å²) in [5, 5.41) is 0. The lowest BCUT2D eigenvalue weighted by Gasteiger charge is -2.25. The quantitative estimate of drug-likeness (QED) is 0.353. The van der Waals surface area contributed by atoms with Crippen LogP contribution in [0.2, 0.25) is 0 Å². The van der Waals surface area contributed by atoms with Gasteiger partial charge in [-0.3, -0.25) is 9.98 Å². The number of aromatic nitrogens is 1. The van der Waals surface area contributed by atoms with Gasteiger partial charge in [0, 0.05) is 41.2 Å². The minimum atomic E-state index is 0.908. The molecule has 0 atom stereocenters. The first-order valence-corrected chi connectivity index (χ1v) is 9.67. The molecule has 0 spiro atoms. The third-order valence-electron chi connectivity index (χ3n) is 4.74. The predicted molar refractivity (Wildman–Crippen MR) is 122 cm³/mol. The van der Waals surface area contributed by atoms with E-state index in [-0.39, 0.29) is 0 Å². The van der Waals surface area contributed by atoms with Gasteiger partial charge in [0.05, 0.1) is 5.69 Å². The minimum Gasteiger partial charge on any atom is -0.311 e. The summed E-state index contributed by atoms with van der Waals surface area (Å²) >= 11 is 0. The molecule has 0 aliphatic carbocycles. The maximum absolute atomic E-state index is 4.56. The van der Waals surface area contributed by atoms with Gasteiger partial charge in [0.15, 0.2) is 0 Å². The Hall–Kier alpha value is -3.72. The summed E-state index contributed by atoms with van der Waals surface area (Å²) < 4.78 is 0. The first kappa shape index (κ1) is 18.6. The Balaban J connectivity index is 1.66. The van der Waals surface area contributed by atoms with Crippen molar-refractivity contribution in [1.29, 1.82) is 0 Å². The van der Waals surface area contributed by atoms with Gasteiger partial charge in [-0.05, 0) is 68.4 Å². The van der Waals surface area contributed by atoms with Crippen LogP contribution in [0.5, 0.6) is 0 Å². The molecule has 0 amide bonds. The van der Waals surface area contributed by atoms with Gasteiger partial charge >= 0.3 is 0 Å². The van der Waals surface area contributed by atoms with Crippen molar-refractivity contribution < 1.29 is 0 Å². The number of rotatable bonds is 5. The van der Waals surface area contributed by atoms with Crippen LogP contribution in [-0.2, 0) is 0 Å². The number of benzene rings is 3. The summed E-state index contributed by atoms with van der Waals surface area (Å²) in [7, 11) is 0. The molecule has 1 aromatic heterocycles. The van der Waals surface area contributed by atoms with Gasteiger partial charge in [-0.2, -0.15) is 0 Å². The maximum atomic E-state index is 4.56. The number of nitrogens with zero attached hydrogens (tertiary/aromatic N) is 3.